The van der Waals surface area contributed by atoms with Crippen molar-refractivity contribution >= 4 is 46.3 Å². The number of hydrogen-bond acceptors (Lipinski definition) is 5. The zero-order chi connectivity index (χ0) is 23.0. The van der Waals surface area contributed by atoms with Gasteiger partial charge in [0.25, 0.3) is 11.7 Å². The van der Waals surface area contributed by atoms with E-state index in [0.717, 1.165) is 0 Å². The highest BCUT2D eigenvalue weighted by Gasteiger charge is 2.47. The molecule has 0 radical (unpaired) electrons. The molecule has 8 heteroatoms. The number of carbonyl (C=O) groups excluding carboxylic acids is 2. The third-order valence-electron chi connectivity index (χ3n) is 5.14. The maximum atomic E-state index is 13.1. The minimum atomic E-state index is -0.998. The van der Waals surface area contributed by atoms with Gasteiger partial charge < -0.3 is 14.9 Å². The Labute approximate surface area is 193 Å². The maximum absolute atomic E-state index is 13.1. The molecule has 1 unspecified atom stereocenters. The Kier molecular flexibility index (Phi) is 5.82. The fourth-order valence-electron chi connectivity index (χ4n) is 3.70. The zero-order valence-corrected chi connectivity index (χ0v) is 18.3. The zero-order valence-electron chi connectivity index (χ0n) is 16.8. The highest BCUT2D eigenvalue weighted by Crippen LogP contribution is 2.43. The Balaban J connectivity index is 1.97. The number of carbonyl (C=O) groups is 2. The predicted octanol–water partition coefficient (Wildman–Crippen LogP) is 5.33. The number of aliphatic hydroxyl groups excluding tert-OH is 1. The Bertz CT molecular complexity index is 1270. The Hall–Kier alpha value is -3.48. The van der Waals surface area contributed by atoms with E-state index >= 15 is 0 Å². The van der Waals surface area contributed by atoms with Gasteiger partial charge in [0.2, 0.25) is 0 Å². The molecule has 2 N–H and O–H groups in total. The van der Waals surface area contributed by atoms with Crippen molar-refractivity contribution in [1.82, 2.24) is 0 Å². The summed E-state index contributed by atoms with van der Waals surface area (Å²) >= 11 is 12.2. The Morgan fingerprint density at radius 1 is 1.00 bits per heavy atom. The fourth-order valence-corrected chi connectivity index (χ4v) is 4.08. The molecule has 1 saturated heterocycles. The molecule has 1 heterocycles. The number of amides is 1. The van der Waals surface area contributed by atoms with Gasteiger partial charge >= 0.3 is 0 Å². The van der Waals surface area contributed by atoms with Gasteiger partial charge in [0.1, 0.15) is 17.3 Å². The molecule has 0 aliphatic carbocycles. The molecule has 0 spiro atoms. The molecule has 1 atom stereocenters. The number of phenolic OH excluding ortho intramolecular Hbond substituents is 1. The summed E-state index contributed by atoms with van der Waals surface area (Å²) in [5.41, 5.74) is 0.929. The Morgan fingerprint density at radius 2 is 1.75 bits per heavy atom. The quantitative estimate of drug-likeness (QED) is 0.306. The number of nitrogens with zero attached hydrogens (tertiary/aromatic N) is 1. The highest BCUT2D eigenvalue weighted by molar-refractivity contribution is 6.51. The largest absolute Gasteiger partial charge is 0.508 e. The molecule has 1 fully saturated rings. The summed E-state index contributed by atoms with van der Waals surface area (Å²) in [6, 6.07) is 16.2. The molecule has 1 amide bonds. The smallest absolute Gasteiger partial charge is 0.300 e. The summed E-state index contributed by atoms with van der Waals surface area (Å²) < 4.78 is 5.20. The van der Waals surface area contributed by atoms with Crippen LogP contribution < -0.4 is 9.64 Å². The lowest BCUT2D eigenvalue weighted by atomic mass is 9.95. The molecule has 3 aromatic carbocycles. The van der Waals surface area contributed by atoms with Crippen molar-refractivity contribution in [1.29, 1.82) is 0 Å². The molecule has 4 rings (SSSR count). The van der Waals surface area contributed by atoms with E-state index in [0.29, 0.717) is 27.0 Å². The number of ether oxygens (including phenoxy) is 1. The average Bonchev–Trinajstić information content (AvgIpc) is 3.04. The molecule has 1 aliphatic heterocycles. The van der Waals surface area contributed by atoms with E-state index < -0.39 is 23.5 Å². The Morgan fingerprint density at radius 3 is 2.44 bits per heavy atom. The second-order valence-corrected chi connectivity index (χ2v) is 7.94. The van der Waals surface area contributed by atoms with Crippen molar-refractivity contribution in [2.24, 2.45) is 0 Å². The van der Waals surface area contributed by atoms with E-state index in [-0.39, 0.29) is 16.9 Å². The van der Waals surface area contributed by atoms with E-state index in [1.54, 1.807) is 36.4 Å². The van der Waals surface area contributed by atoms with Gasteiger partial charge in [-0.2, -0.15) is 0 Å². The average molecular weight is 470 g/mol. The molecule has 6 nitrogen and oxygen atoms in total. The van der Waals surface area contributed by atoms with Gasteiger partial charge in [-0.1, -0.05) is 41.4 Å². The van der Waals surface area contributed by atoms with Crippen LogP contribution in [0.15, 0.2) is 72.3 Å². The van der Waals surface area contributed by atoms with Crippen LogP contribution in [0.1, 0.15) is 17.2 Å². The van der Waals surface area contributed by atoms with E-state index in [4.69, 9.17) is 27.9 Å². The van der Waals surface area contributed by atoms with Gasteiger partial charge in [-0.15, -0.1) is 0 Å². The van der Waals surface area contributed by atoms with Gasteiger partial charge in [0, 0.05) is 16.3 Å². The van der Waals surface area contributed by atoms with Crippen molar-refractivity contribution in [3.8, 4) is 11.5 Å². The predicted molar refractivity (Wildman–Crippen MR) is 122 cm³/mol. The lowest BCUT2D eigenvalue weighted by molar-refractivity contribution is -0.132. The second-order valence-electron chi connectivity index (χ2n) is 7.09. The van der Waals surface area contributed by atoms with Crippen LogP contribution in [0.3, 0.4) is 0 Å². The standard InChI is InChI=1S/C24H17Cl2NO5/c1-32-19-11-14(8-9-18(19)26)22(29)20-21(13-4-2-7-17(28)10-13)27(24(31)23(20)30)16-6-3-5-15(25)12-16/h2-12,21,28-29H,1H3/b22-20+. The number of anilines is 1. The number of hydrogen-bond donors (Lipinski definition) is 2. The summed E-state index contributed by atoms with van der Waals surface area (Å²) in [5, 5.41) is 21.9. The van der Waals surface area contributed by atoms with Crippen LogP contribution in [0.4, 0.5) is 5.69 Å². The molecule has 1 aliphatic rings. The van der Waals surface area contributed by atoms with Crippen molar-refractivity contribution in [3.63, 3.8) is 0 Å². The number of aromatic hydroxyl groups is 1. The van der Waals surface area contributed by atoms with Crippen LogP contribution >= 0.6 is 23.2 Å². The van der Waals surface area contributed by atoms with Crippen LogP contribution in [-0.4, -0.2) is 29.0 Å². The lowest BCUT2D eigenvalue weighted by Gasteiger charge is -2.25. The first-order valence-corrected chi connectivity index (χ1v) is 10.3. The van der Waals surface area contributed by atoms with E-state index in [1.807, 2.05) is 0 Å². The number of halogens is 2. The normalized spacial score (nSPS) is 17.6. The number of phenols is 1. The monoisotopic (exact) mass is 469 g/mol. The third kappa shape index (κ3) is 3.79. The van der Waals surface area contributed by atoms with Crippen molar-refractivity contribution < 1.29 is 24.5 Å². The van der Waals surface area contributed by atoms with E-state index in [9.17, 15) is 19.8 Å². The fraction of sp³-hybridized carbons (Fsp3) is 0.0833. The number of methoxy groups -OCH3 is 1. The van der Waals surface area contributed by atoms with Gasteiger partial charge in [0.05, 0.1) is 23.7 Å². The van der Waals surface area contributed by atoms with Crippen molar-refractivity contribution in [2.45, 2.75) is 6.04 Å². The first kappa shape index (κ1) is 21.7. The van der Waals surface area contributed by atoms with E-state index in [1.165, 1.54) is 42.3 Å². The minimum Gasteiger partial charge on any atom is -0.508 e. The number of benzene rings is 3. The number of aliphatic hydroxyl groups is 1. The van der Waals surface area contributed by atoms with Crippen LogP contribution in [-0.2, 0) is 9.59 Å². The molecular weight excluding hydrogens is 453 g/mol. The van der Waals surface area contributed by atoms with Crippen LogP contribution in [0.25, 0.3) is 5.76 Å². The first-order valence-electron chi connectivity index (χ1n) is 9.51. The van der Waals surface area contributed by atoms with Gasteiger partial charge in [-0.25, -0.2) is 0 Å². The maximum Gasteiger partial charge on any atom is 0.300 e. The van der Waals surface area contributed by atoms with Crippen molar-refractivity contribution in [3.05, 3.63) is 93.5 Å². The van der Waals surface area contributed by atoms with Crippen molar-refractivity contribution in [2.75, 3.05) is 12.0 Å². The van der Waals surface area contributed by atoms with Gasteiger partial charge in [0.15, 0.2) is 0 Å². The molecule has 0 aromatic heterocycles. The van der Waals surface area contributed by atoms with Gasteiger partial charge in [-0.05, 0) is 54.1 Å². The number of Topliss-reactive ketones (excluding diaryl/α,β-unsaturated/α-hetero) is 1. The topological polar surface area (TPSA) is 87.1 Å². The summed E-state index contributed by atoms with van der Waals surface area (Å²) in [7, 11) is 1.43. The highest BCUT2D eigenvalue weighted by atomic mass is 35.5. The number of ketones is 1. The van der Waals surface area contributed by atoms with Crippen LogP contribution in [0.5, 0.6) is 11.5 Å². The SMILES string of the molecule is COc1cc(/C(O)=C2\C(=O)C(=O)N(c3cccc(Cl)c3)C2c2cccc(O)c2)ccc1Cl. The molecular formula is C24H17Cl2NO5. The minimum absolute atomic E-state index is 0.0488. The second kappa shape index (κ2) is 8.57. The first-order chi connectivity index (χ1) is 15.3. The summed E-state index contributed by atoms with van der Waals surface area (Å²) in [6.07, 6.45) is 0. The molecule has 3 aromatic rings. The molecule has 0 bridgehead atoms. The lowest BCUT2D eigenvalue weighted by Crippen LogP contribution is -2.29. The summed E-state index contributed by atoms with van der Waals surface area (Å²) in [6.45, 7) is 0. The number of rotatable bonds is 4. The van der Waals surface area contributed by atoms with E-state index in [2.05, 4.69) is 0 Å². The molecule has 32 heavy (non-hydrogen) atoms. The molecule has 162 valence electrons. The summed E-state index contributed by atoms with van der Waals surface area (Å²) in [5.74, 6) is -1.84. The molecule has 0 saturated carbocycles. The van der Waals surface area contributed by atoms with Crippen LogP contribution in [0.2, 0.25) is 10.0 Å². The third-order valence-corrected chi connectivity index (χ3v) is 5.69. The summed E-state index contributed by atoms with van der Waals surface area (Å²) in [4.78, 5) is 27.5. The van der Waals surface area contributed by atoms with Crippen LogP contribution in [0, 0.1) is 0 Å². The van der Waals surface area contributed by atoms with Gasteiger partial charge in [-0.3, -0.25) is 14.5 Å².